The van der Waals surface area contributed by atoms with Crippen molar-refractivity contribution in [3.05, 3.63) is 60.2 Å². The molecular formula is C20H23NO. The predicted molar refractivity (Wildman–Crippen MR) is 92.9 cm³/mol. The van der Waals surface area contributed by atoms with Crippen LogP contribution in [0.3, 0.4) is 0 Å². The first-order valence-electron chi connectivity index (χ1n) is 7.96. The number of phenolic OH excluding ortho intramolecular Hbond substituents is 1. The molecule has 0 saturated carbocycles. The summed E-state index contributed by atoms with van der Waals surface area (Å²) in [6.07, 6.45) is 5.60. The van der Waals surface area contributed by atoms with Crippen LogP contribution in [0.25, 0.3) is 17.2 Å². The van der Waals surface area contributed by atoms with E-state index in [1.165, 1.54) is 24.0 Å². The Morgan fingerprint density at radius 2 is 1.86 bits per heavy atom. The van der Waals surface area contributed by atoms with Gasteiger partial charge >= 0.3 is 0 Å². The number of hydrogen-bond donors (Lipinski definition) is 1. The van der Waals surface area contributed by atoms with Crippen LogP contribution in [0, 0.1) is 0 Å². The van der Waals surface area contributed by atoms with E-state index in [9.17, 15) is 5.11 Å². The van der Waals surface area contributed by atoms with E-state index < -0.39 is 0 Å². The summed E-state index contributed by atoms with van der Waals surface area (Å²) in [5.41, 5.74) is 4.48. The average molecular weight is 293 g/mol. The van der Waals surface area contributed by atoms with Crippen LogP contribution in [0.4, 0.5) is 0 Å². The summed E-state index contributed by atoms with van der Waals surface area (Å²) >= 11 is 0. The highest BCUT2D eigenvalue weighted by atomic mass is 16.3. The molecule has 114 valence electrons. The minimum atomic E-state index is 0.337. The van der Waals surface area contributed by atoms with E-state index in [0.29, 0.717) is 11.8 Å². The zero-order valence-corrected chi connectivity index (χ0v) is 13.1. The Morgan fingerprint density at radius 3 is 2.59 bits per heavy atom. The molecule has 0 aliphatic carbocycles. The van der Waals surface area contributed by atoms with Crippen molar-refractivity contribution in [1.29, 1.82) is 0 Å². The zero-order valence-electron chi connectivity index (χ0n) is 13.1. The quantitative estimate of drug-likeness (QED) is 0.873. The smallest absolute Gasteiger partial charge is 0.123 e. The van der Waals surface area contributed by atoms with Gasteiger partial charge in [0.15, 0.2) is 0 Å². The van der Waals surface area contributed by atoms with Gasteiger partial charge in [-0.1, -0.05) is 55.5 Å². The molecule has 2 nitrogen and oxygen atoms in total. The number of hydrogen-bond acceptors (Lipinski definition) is 2. The number of rotatable bonds is 3. The van der Waals surface area contributed by atoms with Crippen LogP contribution >= 0.6 is 0 Å². The molecule has 1 unspecified atom stereocenters. The first-order valence-corrected chi connectivity index (χ1v) is 7.96. The van der Waals surface area contributed by atoms with Gasteiger partial charge in [-0.25, -0.2) is 0 Å². The summed E-state index contributed by atoms with van der Waals surface area (Å²) in [5.74, 6) is 0.337. The lowest BCUT2D eigenvalue weighted by atomic mass is 9.86. The van der Waals surface area contributed by atoms with Crippen LogP contribution in [0.5, 0.6) is 5.75 Å². The lowest BCUT2D eigenvalue weighted by molar-refractivity contribution is 0.187. The predicted octanol–water partition coefficient (Wildman–Crippen LogP) is 4.86. The van der Waals surface area contributed by atoms with Gasteiger partial charge in [-0.2, -0.15) is 0 Å². The van der Waals surface area contributed by atoms with E-state index in [0.717, 1.165) is 24.1 Å². The Labute approximate surface area is 132 Å². The molecule has 1 saturated heterocycles. The molecule has 0 aromatic heterocycles. The topological polar surface area (TPSA) is 23.5 Å². The monoisotopic (exact) mass is 293 g/mol. The first kappa shape index (κ1) is 14.9. The summed E-state index contributed by atoms with van der Waals surface area (Å²) in [5, 5.41) is 10.3. The van der Waals surface area contributed by atoms with Gasteiger partial charge in [0.2, 0.25) is 0 Å². The number of phenols is 1. The SMILES string of the molecule is C=Cc1cccc(-c2ccccc2O)c1C1CCCCN1C. The highest BCUT2D eigenvalue weighted by Gasteiger charge is 2.25. The number of piperidine rings is 1. The second-order valence-electron chi connectivity index (χ2n) is 6.02. The summed E-state index contributed by atoms with van der Waals surface area (Å²) < 4.78 is 0. The van der Waals surface area contributed by atoms with Crippen LogP contribution in [0.1, 0.15) is 36.4 Å². The summed E-state index contributed by atoms with van der Waals surface area (Å²) in [6, 6.07) is 14.2. The number of para-hydroxylation sites is 1. The maximum Gasteiger partial charge on any atom is 0.123 e. The third-order valence-electron chi connectivity index (χ3n) is 4.66. The first-order chi connectivity index (χ1) is 10.7. The van der Waals surface area contributed by atoms with Gasteiger partial charge in [0.25, 0.3) is 0 Å². The van der Waals surface area contributed by atoms with Crippen LogP contribution in [-0.4, -0.2) is 23.6 Å². The van der Waals surface area contributed by atoms with Gasteiger partial charge in [-0.3, -0.25) is 4.90 Å². The Morgan fingerprint density at radius 1 is 1.09 bits per heavy atom. The second kappa shape index (κ2) is 6.37. The molecule has 0 spiro atoms. The van der Waals surface area contributed by atoms with Crippen molar-refractivity contribution >= 4 is 6.08 Å². The van der Waals surface area contributed by atoms with Crippen LogP contribution in [0.2, 0.25) is 0 Å². The Kier molecular flexibility index (Phi) is 4.30. The fourth-order valence-corrected chi connectivity index (χ4v) is 3.51. The third kappa shape index (κ3) is 2.67. The van der Waals surface area contributed by atoms with Crippen molar-refractivity contribution in [1.82, 2.24) is 4.90 Å². The molecule has 0 radical (unpaired) electrons. The molecule has 22 heavy (non-hydrogen) atoms. The fraction of sp³-hybridized carbons (Fsp3) is 0.300. The number of benzene rings is 2. The van der Waals surface area contributed by atoms with E-state index in [1.807, 2.05) is 30.3 Å². The van der Waals surface area contributed by atoms with E-state index >= 15 is 0 Å². The van der Waals surface area contributed by atoms with Crippen molar-refractivity contribution in [3.8, 4) is 16.9 Å². The standard InChI is InChI=1S/C20H23NO/c1-3-15-9-8-11-17(16-10-4-5-13-19(16)22)20(15)18-12-6-7-14-21(18)2/h3-5,8-11,13,18,22H,1,6-7,12,14H2,2H3. The molecule has 1 aliphatic heterocycles. The van der Waals surface area contributed by atoms with Crippen molar-refractivity contribution in [2.75, 3.05) is 13.6 Å². The lowest BCUT2D eigenvalue weighted by Gasteiger charge is -2.35. The largest absolute Gasteiger partial charge is 0.507 e. The molecule has 1 atom stereocenters. The molecule has 1 N–H and O–H groups in total. The molecule has 2 heteroatoms. The molecule has 1 aliphatic rings. The van der Waals surface area contributed by atoms with Crippen LogP contribution in [0.15, 0.2) is 49.0 Å². The van der Waals surface area contributed by atoms with Crippen LogP contribution < -0.4 is 0 Å². The normalized spacial score (nSPS) is 19.0. The minimum absolute atomic E-state index is 0.337. The van der Waals surface area contributed by atoms with Gasteiger partial charge in [0, 0.05) is 11.6 Å². The minimum Gasteiger partial charge on any atom is -0.507 e. The summed E-state index contributed by atoms with van der Waals surface area (Å²) in [6.45, 7) is 5.11. The maximum absolute atomic E-state index is 10.3. The average Bonchev–Trinajstić information content (AvgIpc) is 2.55. The fourth-order valence-electron chi connectivity index (χ4n) is 3.51. The van der Waals surface area contributed by atoms with E-state index in [4.69, 9.17) is 0 Å². The van der Waals surface area contributed by atoms with E-state index in [-0.39, 0.29) is 0 Å². The maximum atomic E-state index is 10.3. The van der Waals surface area contributed by atoms with Gasteiger partial charge in [-0.15, -0.1) is 0 Å². The van der Waals surface area contributed by atoms with Gasteiger partial charge in [-0.05, 0) is 49.2 Å². The molecule has 1 fully saturated rings. The molecule has 0 bridgehead atoms. The van der Waals surface area contributed by atoms with E-state index in [1.54, 1.807) is 6.07 Å². The molecule has 2 aromatic carbocycles. The Bertz CT molecular complexity index is 677. The second-order valence-corrected chi connectivity index (χ2v) is 6.02. The molecule has 1 heterocycles. The Hall–Kier alpha value is -2.06. The number of aromatic hydroxyl groups is 1. The third-order valence-corrected chi connectivity index (χ3v) is 4.66. The highest BCUT2D eigenvalue weighted by molar-refractivity contribution is 5.77. The van der Waals surface area contributed by atoms with Gasteiger partial charge in [0.05, 0.1) is 0 Å². The van der Waals surface area contributed by atoms with Crippen LogP contribution in [-0.2, 0) is 0 Å². The van der Waals surface area contributed by atoms with Crippen molar-refractivity contribution < 1.29 is 5.11 Å². The van der Waals surface area contributed by atoms with Crippen molar-refractivity contribution in [2.45, 2.75) is 25.3 Å². The summed E-state index contributed by atoms with van der Waals surface area (Å²) in [4.78, 5) is 2.43. The number of nitrogens with zero attached hydrogens (tertiary/aromatic N) is 1. The zero-order chi connectivity index (χ0) is 15.5. The van der Waals surface area contributed by atoms with Gasteiger partial charge < -0.3 is 5.11 Å². The lowest BCUT2D eigenvalue weighted by Crippen LogP contribution is -2.30. The van der Waals surface area contributed by atoms with Gasteiger partial charge in [0.1, 0.15) is 5.75 Å². The molecular weight excluding hydrogens is 270 g/mol. The Balaban J connectivity index is 2.19. The van der Waals surface area contributed by atoms with E-state index in [2.05, 4.69) is 30.7 Å². The van der Waals surface area contributed by atoms with Crippen molar-refractivity contribution in [2.24, 2.45) is 0 Å². The molecule has 2 aromatic rings. The molecule has 0 amide bonds. The van der Waals surface area contributed by atoms with Crippen molar-refractivity contribution in [3.63, 3.8) is 0 Å². The number of likely N-dealkylation sites (tertiary alicyclic amines) is 1. The molecule has 3 rings (SSSR count). The highest BCUT2D eigenvalue weighted by Crippen LogP contribution is 2.41. The summed E-state index contributed by atoms with van der Waals surface area (Å²) in [7, 11) is 2.19.